The number of hydrogen-bond donors (Lipinski definition) is 3. The third kappa shape index (κ3) is 5.22. The first-order valence-electron chi connectivity index (χ1n) is 7.28. The fourth-order valence-corrected chi connectivity index (χ4v) is 7.30. The molecule has 0 aromatic carbocycles. The van der Waals surface area contributed by atoms with E-state index in [-0.39, 0.29) is 24.0 Å². The maximum atomic E-state index is 12.4. The maximum Gasteiger partial charge on any atom is 0.404 e. The number of amides is 2. The number of hydrogen-bond acceptors (Lipinski definition) is 5. The first-order chi connectivity index (χ1) is 11.6. The van der Waals surface area contributed by atoms with Gasteiger partial charge in [0.15, 0.2) is 0 Å². The molecule has 0 atom stereocenters. The van der Waals surface area contributed by atoms with Crippen LogP contribution in [0, 0.1) is 11.8 Å². The molecule has 0 spiro atoms. The highest BCUT2D eigenvalue weighted by Crippen LogP contribution is 2.43. The smallest absolute Gasteiger partial charge is 0.404 e. The Balaban J connectivity index is 1.97. The van der Waals surface area contributed by atoms with Gasteiger partial charge in [0.1, 0.15) is 13.6 Å². The Morgan fingerprint density at radius 1 is 1.20 bits per heavy atom. The Labute approximate surface area is 167 Å². The van der Waals surface area contributed by atoms with E-state index in [2.05, 4.69) is 26.0 Å². The second kappa shape index (κ2) is 8.43. The number of carbonyl (C=O) groups is 2. The number of carboxylic acid groups (broad SMARTS) is 1. The van der Waals surface area contributed by atoms with Crippen molar-refractivity contribution in [2.75, 3.05) is 6.54 Å². The standard InChI is InChI=1S/C13H15BrCl2N2O5S2/c14-8-9(11(16)24-10(8)15)25(22,23)18-12(19)7-3-1-6(2-4-7)5-17-13(20)21/h6-7,17H,1-5H2,(H,18,19)(H,20,21)/t6-,7-. The van der Waals surface area contributed by atoms with E-state index in [1.54, 1.807) is 0 Å². The van der Waals surface area contributed by atoms with Crippen molar-refractivity contribution < 1.29 is 23.1 Å². The molecule has 0 aliphatic heterocycles. The number of thiophene rings is 1. The Hall–Kier alpha value is -0.550. The van der Waals surface area contributed by atoms with E-state index >= 15 is 0 Å². The summed E-state index contributed by atoms with van der Waals surface area (Å²) in [7, 11) is -4.13. The van der Waals surface area contributed by atoms with Crippen molar-refractivity contribution in [1.82, 2.24) is 10.0 Å². The minimum atomic E-state index is -4.13. The van der Waals surface area contributed by atoms with Gasteiger partial charge in [-0.3, -0.25) is 4.79 Å². The highest BCUT2D eigenvalue weighted by atomic mass is 79.9. The summed E-state index contributed by atoms with van der Waals surface area (Å²) in [6.45, 7) is 0.331. The molecule has 140 valence electrons. The number of nitrogens with one attached hydrogen (secondary N) is 2. The van der Waals surface area contributed by atoms with Gasteiger partial charge in [-0.25, -0.2) is 17.9 Å². The lowest BCUT2D eigenvalue weighted by Crippen LogP contribution is -2.38. The van der Waals surface area contributed by atoms with Crippen LogP contribution in [0.1, 0.15) is 25.7 Å². The van der Waals surface area contributed by atoms with Crippen LogP contribution < -0.4 is 10.0 Å². The molecule has 0 saturated heterocycles. The topological polar surface area (TPSA) is 113 Å². The fraction of sp³-hybridized carbons (Fsp3) is 0.538. The van der Waals surface area contributed by atoms with Crippen LogP contribution in [-0.2, 0) is 14.8 Å². The number of halogens is 3. The molecule has 1 heterocycles. The second-order valence-electron chi connectivity index (χ2n) is 5.67. The van der Waals surface area contributed by atoms with E-state index in [9.17, 15) is 18.0 Å². The summed E-state index contributed by atoms with van der Waals surface area (Å²) in [4.78, 5) is 22.6. The van der Waals surface area contributed by atoms with Crippen molar-refractivity contribution >= 4 is 72.5 Å². The number of sulfonamides is 1. The van der Waals surface area contributed by atoms with Gasteiger partial charge in [0, 0.05) is 12.5 Å². The highest BCUT2D eigenvalue weighted by Gasteiger charge is 2.32. The van der Waals surface area contributed by atoms with Crippen LogP contribution in [0.4, 0.5) is 4.79 Å². The zero-order valence-corrected chi connectivity index (χ0v) is 17.5. The van der Waals surface area contributed by atoms with Crippen LogP contribution in [0.5, 0.6) is 0 Å². The van der Waals surface area contributed by atoms with E-state index in [0.29, 0.717) is 32.2 Å². The van der Waals surface area contributed by atoms with E-state index < -0.39 is 27.9 Å². The normalized spacial score (nSPS) is 20.9. The van der Waals surface area contributed by atoms with Crippen molar-refractivity contribution in [3.05, 3.63) is 13.1 Å². The Kier molecular flexibility index (Phi) is 7.00. The zero-order chi connectivity index (χ0) is 18.8. The summed E-state index contributed by atoms with van der Waals surface area (Å²) in [5.41, 5.74) is 0. The summed E-state index contributed by atoms with van der Waals surface area (Å²) in [5.74, 6) is -0.881. The summed E-state index contributed by atoms with van der Waals surface area (Å²) < 4.78 is 27.2. The minimum absolute atomic E-state index is 0.0272. The average molecular weight is 494 g/mol. The van der Waals surface area contributed by atoms with E-state index in [1.807, 2.05) is 0 Å². The van der Waals surface area contributed by atoms with Gasteiger partial charge in [0.25, 0.3) is 10.0 Å². The lowest BCUT2D eigenvalue weighted by Gasteiger charge is -2.27. The van der Waals surface area contributed by atoms with E-state index in [0.717, 1.165) is 11.3 Å². The van der Waals surface area contributed by atoms with Gasteiger partial charge in [-0.05, 0) is 47.5 Å². The van der Waals surface area contributed by atoms with Gasteiger partial charge >= 0.3 is 6.09 Å². The molecule has 1 fully saturated rings. The van der Waals surface area contributed by atoms with Gasteiger partial charge in [-0.1, -0.05) is 23.2 Å². The van der Waals surface area contributed by atoms with Crippen molar-refractivity contribution in [2.45, 2.75) is 30.6 Å². The maximum absolute atomic E-state index is 12.4. The summed E-state index contributed by atoms with van der Waals surface area (Å²) >= 11 is 15.7. The van der Waals surface area contributed by atoms with Crippen LogP contribution in [0.2, 0.25) is 8.67 Å². The van der Waals surface area contributed by atoms with Gasteiger partial charge in [-0.2, -0.15) is 0 Å². The van der Waals surface area contributed by atoms with Crippen LogP contribution in [0.25, 0.3) is 0 Å². The highest BCUT2D eigenvalue weighted by molar-refractivity contribution is 9.10. The molecule has 0 bridgehead atoms. The van der Waals surface area contributed by atoms with Gasteiger partial charge in [-0.15, -0.1) is 11.3 Å². The molecule has 0 unspecified atom stereocenters. The zero-order valence-electron chi connectivity index (χ0n) is 12.7. The van der Waals surface area contributed by atoms with Crippen molar-refractivity contribution in [3.8, 4) is 0 Å². The summed E-state index contributed by atoms with van der Waals surface area (Å²) in [6.07, 6.45) is 1.20. The van der Waals surface area contributed by atoms with Gasteiger partial charge < -0.3 is 10.4 Å². The first kappa shape index (κ1) is 20.8. The van der Waals surface area contributed by atoms with Crippen LogP contribution >= 0.6 is 50.5 Å². The molecular formula is C13H15BrCl2N2O5S2. The first-order valence-corrected chi connectivity index (χ1v) is 11.1. The predicted molar refractivity (Wildman–Crippen MR) is 98.8 cm³/mol. The largest absolute Gasteiger partial charge is 0.465 e. The van der Waals surface area contributed by atoms with Crippen molar-refractivity contribution in [2.24, 2.45) is 11.8 Å². The minimum Gasteiger partial charge on any atom is -0.465 e. The molecule has 1 saturated carbocycles. The van der Waals surface area contributed by atoms with Crippen LogP contribution in [0.15, 0.2) is 9.37 Å². The Morgan fingerprint density at radius 2 is 1.80 bits per heavy atom. The van der Waals surface area contributed by atoms with Crippen molar-refractivity contribution in [3.63, 3.8) is 0 Å². The molecule has 2 amide bonds. The quantitative estimate of drug-likeness (QED) is 0.578. The molecule has 3 N–H and O–H groups in total. The fourth-order valence-electron chi connectivity index (χ4n) is 2.70. The van der Waals surface area contributed by atoms with Gasteiger partial charge in [0.2, 0.25) is 5.91 Å². The molecule has 0 radical (unpaired) electrons. The molecule has 7 nitrogen and oxygen atoms in total. The molecule has 2 rings (SSSR count). The lowest BCUT2D eigenvalue weighted by atomic mass is 9.82. The molecule has 1 aromatic heterocycles. The van der Waals surface area contributed by atoms with Crippen LogP contribution in [0.3, 0.4) is 0 Å². The molecule has 1 aromatic rings. The molecule has 25 heavy (non-hydrogen) atoms. The monoisotopic (exact) mass is 492 g/mol. The lowest BCUT2D eigenvalue weighted by molar-refractivity contribution is -0.124. The molecule has 1 aliphatic carbocycles. The number of carbonyl (C=O) groups excluding carboxylic acids is 1. The molecule has 12 heteroatoms. The molecule has 1 aliphatic rings. The van der Waals surface area contributed by atoms with Crippen molar-refractivity contribution in [1.29, 1.82) is 0 Å². The van der Waals surface area contributed by atoms with Crippen LogP contribution in [-0.4, -0.2) is 32.1 Å². The summed E-state index contributed by atoms with van der Waals surface area (Å²) in [6, 6.07) is 0. The Bertz CT molecular complexity index is 776. The predicted octanol–water partition coefficient (Wildman–Crippen LogP) is 3.70. The van der Waals surface area contributed by atoms with E-state index in [4.69, 9.17) is 28.3 Å². The SMILES string of the molecule is O=C(O)NC[C@H]1CC[C@H](C(=O)NS(=O)(=O)c2c(Cl)sc(Cl)c2Br)CC1. The van der Waals surface area contributed by atoms with E-state index in [1.165, 1.54) is 0 Å². The second-order valence-corrected chi connectivity index (χ2v) is 10.3. The third-order valence-corrected chi connectivity index (χ3v) is 8.80. The average Bonchev–Trinajstić information content (AvgIpc) is 2.78. The third-order valence-electron chi connectivity index (χ3n) is 3.99. The molecular weight excluding hydrogens is 479 g/mol. The van der Waals surface area contributed by atoms with Gasteiger partial charge in [0.05, 0.1) is 4.47 Å². The number of rotatable bonds is 5. The Morgan fingerprint density at radius 3 is 2.28 bits per heavy atom. The summed E-state index contributed by atoms with van der Waals surface area (Å²) in [5, 5.41) is 10.9.